The number of aryl methyl sites for hydroxylation is 1. The molecule has 1 aromatic heterocycles. The van der Waals surface area contributed by atoms with E-state index in [0.29, 0.717) is 18.9 Å². The molecule has 6 heteroatoms. The molecule has 31 heavy (non-hydrogen) atoms. The minimum atomic E-state index is 0.480. The average Bonchev–Trinajstić information content (AvgIpc) is 2.74. The Bertz CT molecular complexity index is 1030. The number of hydrazine groups is 1. The van der Waals surface area contributed by atoms with Crippen molar-refractivity contribution in [3.63, 3.8) is 0 Å². The second kappa shape index (κ2) is 10.6. The van der Waals surface area contributed by atoms with Crippen molar-refractivity contribution in [2.45, 2.75) is 33.6 Å². The van der Waals surface area contributed by atoms with Crippen LogP contribution in [0.4, 0.5) is 5.69 Å². The fraction of sp³-hybridized carbons (Fsp3) is 0.280. The summed E-state index contributed by atoms with van der Waals surface area (Å²) in [4.78, 5) is 4.43. The highest BCUT2D eigenvalue weighted by atomic mass is 16.5. The molecular formula is C25H31N5O. The lowest BCUT2D eigenvalue weighted by Gasteiger charge is -2.16. The minimum absolute atomic E-state index is 0.480. The quantitative estimate of drug-likeness (QED) is 0.232. The molecule has 3 aromatic rings. The van der Waals surface area contributed by atoms with Gasteiger partial charge in [0.1, 0.15) is 12.1 Å². The molecule has 0 saturated heterocycles. The molecule has 0 amide bonds. The van der Waals surface area contributed by atoms with Crippen molar-refractivity contribution in [2.75, 3.05) is 11.6 Å². The van der Waals surface area contributed by atoms with Crippen molar-refractivity contribution in [1.82, 2.24) is 4.98 Å². The lowest BCUT2D eigenvalue weighted by Crippen LogP contribution is -2.31. The van der Waals surface area contributed by atoms with Crippen LogP contribution in [0.2, 0.25) is 0 Å². The van der Waals surface area contributed by atoms with Crippen molar-refractivity contribution in [1.29, 1.82) is 0 Å². The van der Waals surface area contributed by atoms with Crippen LogP contribution in [0.3, 0.4) is 0 Å². The van der Waals surface area contributed by atoms with Gasteiger partial charge < -0.3 is 10.6 Å². The summed E-state index contributed by atoms with van der Waals surface area (Å²) in [6.45, 7) is 7.06. The number of hydrogen-bond acceptors (Lipinski definition) is 5. The largest absolute Gasteiger partial charge is 0.493 e. The first kappa shape index (κ1) is 22.3. The fourth-order valence-corrected chi connectivity index (χ4v) is 3.66. The number of rotatable bonds is 9. The second-order valence-electron chi connectivity index (χ2n) is 8.03. The molecule has 0 radical (unpaired) electrons. The Morgan fingerprint density at radius 3 is 2.71 bits per heavy atom. The maximum absolute atomic E-state index is 6.11. The summed E-state index contributed by atoms with van der Waals surface area (Å²) in [5.41, 5.74) is 6.52. The van der Waals surface area contributed by atoms with Crippen molar-refractivity contribution in [3.8, 4) is 16.9 Å². The van der Waals surface area contributed by atoms with Gasteiger partial charge in [-0.2, -0.15) is 5.10 Å². The zero-order valence-electron chi connectivity index (χ0n) is 18.5. The number of ether oxygens (including phenoxy) is 1. The summed E-state index contributed by atoms with van der Waals surface area (Å²) < 4.78 is 6.11. The van der Waals surface area contributed by atoms with E-state index in [2.05, 4.69) is 73.3 Å². The highest BCUT2D eigenvalue weighted by molar-refractivity contribution is 5.78. The number of pyridine rings is 1. The van der Waals surface area contributed by atoms with Crippen LogP contribution in [0.5, 0.6) is 5.75 Å². The SMILES string of the molecule is Cc1cc(OCCc2ncccc2N(N)/C=N\N)cc(-c2ccccc2CC(C)C)c1. The number of nitrogens with two attached hydrogens (primary N) is 2. The number of hydrazone groups is 1. The van der Waals surface area contributed by atoms with Gasteiger partial charge in [-0.25, -0.2) is 5.84 Å². The summed E-state index contributed by atoms with van der Waals surface area (Å²) in [6, 6.07) is 18.7. The van der Waals surface area contributed by atoms with Gasteiger partial charge in [0.05, 0.1) is 18.0 Å². The molecule has 0 atom stereocenters. The van der Waals surface area contributed by atoms with E-state index in [1.165, 1.54) is 28.0 Å². The Labute approximate surface area is 184 Å². The van der Waals surface area contributed by atoms with Crippen LogP contribution in [0, 0.1) is 12.8 Å². The molecule has 4 N–H and O–H groups in total. The molecule has 1 heterocycles. The van der Waals surface area contributed by atoms with Gasteiger partial charge in [-0.05, 0) is 65.8 Å². The summed E-state index contributed by atoms with van der Waals surface area (Å²) in [7, 11) is 0. The molecule has 0 aliphatic rings. The van der Waals surface area contributed by atoms with Crippen LogP contribution < -0.4 is 21.4 Å². The monoisotopic (exact) mass is 417 g/mol. The van der Waals surface area contributed by atoms with Crippen LogP contribution in [0.1, 0.15) is 30.7 Å². The molecule has 0 fully saturated rings. The molecule has 0 bridgehead atoms. The predicted octanol–water partition coefficient (Wildman–Crippen LogP) is 4.46. The van der Waals surface area contributed by atoms with Crippen LogP contribution >= 0.6 is 0 Å². The lowest BCUT2D eigenvalue weighted by atomic mass is 9.93. The van der Waals surface area contributed by atoms with Gasteiger partial charge in [-0.15, -0.1) is 0 Å². The third-order valence-corrected chi connectivity index (χ3v) is 4.95. The van der Waals surface area contributed by atoms with Crippen LogP contribution in [0.25, 0.3) is 11.1 Å². The van der Waals surface area contributed by atoms with E-state index < -0.39 is 0 Å². The van der Waals surface area contributed by atoms with Gasteiger partial charge in [0, 0.05) is 12.6 Å². The van der Waals surface area contributed by atoms with E-state index in [4.69, 9.17) is 16.4 Å². The van der Waals surface area contributed by atoms with Crippen molar-refractivity contribution >= 4 is 12.0 Å². The Kier molecular flexibility index (Phi) is 7.62. The molecule has 0 aliphatic heterocycles. The number of aromatic nitrogens is 1. The van der Waals surface area contributed by atoms with Crippen LogP contribution in [0.15, 0.2) is 65.9 Å². The number of nitrogens with zero attached hydrogens (tertiary/aromatic N) is 3. The highest BCUT2D eigenvalue weighted by Gasteiger charge is 2.10. The molecule has 0 saturated carbocycles. The Hall–Kier alpha value is -3.38. The zero-order valence-corrected chi connectivity index (χ0v) is 18.5. The van der Waals surface area contributed by atoms with Crippen molar-refractivity contribution < 1.29 is 4.74 Å². The maximum atomic E-state index is 6.11. The third kappa shape index (κ3) is 6.06. The van der Waals surface area contributed by atoms with Gasteiger partial charge in [0.2, 0.25) is 0 Å². The van der Waals surface area contributed by atoms with Gasteiger partial charge in [0.15, 0.2) is 0 Å². The van der Waals surface area contributed by atoms with E-state index in [9.17, 15) is 0 Å². The first-order chi connectivity index (χ1) is 15.0. The third-order valence-electron chi connectivity index (χ3n) is 4.95. The van der Waals surface area contributed by atoms with Gasteiger partial charge in [-0.3, -0.25) is 9.99 Å². The molecule has 0 aliphatic carbocycles. The summed E-state index contributed by atoms with van der Waals surface area (Å²) in [6.07, 6.45) is 4.74. The van der Waals surface area contributed by atoms with Crippen LogP contribution in [-0.2, 0) is 12.8 Å². The molecule has 2 aromatic carbocycles. The lowest BCUT2D eigenvalue weighted by molar-refractivity contribution is 0.320. The van der Waals surface area contributed by atoms with Gasteiger partial charge in [-0.1, -0.05) is 44.2 Å². The van der Waals surface area contributed by atoms with E-state index >= 15 is 0 Å². The van der Waals surface area contributed by atoms with E-state index in [1.807, 2.05) is 12.1 Å². The molecule has 0 spiro atoms. The predicted molar refractivity (Wildman–Crippen MR) is 128 cm³/mol. The second-order valence-corrected chi connectivity index (χ2v) is 8.03. The smallest absolute Gasteiger partial charge is 0.129 e. The summed E-state index contributed by atoms with van der Waals surface area (Å²) >= 11 is 0. The molecule has 162 valence electrons. The maximum Gasteiger partial charge on any atom is 0.129 e. The Morgan fingerprint density at radius 2 is 1.94 bits per heavy atom. The molecule has 6 nitrogen and oxygen atoms in total. The average molecular weight is 418 g/mol. The van der Waals surface area contributed by atoms with E-state index in [1.54, 1.807) is 6.20 Å². The van der Waals surface area contributed by atoms with E-state index in [-0.39, 0.29) is 0 Å². The normalized spacial score (nSPS) is 11.3. The molecular weight excluding hydrogens is 386 g/mol. The van der Waals surface area contributed by atoms with Gasteiger partial charge >= 0.3 is 0 Å². The first-order valence-electron chi connectivity index (χ1n) is 10.5. The van der Waals surface area contributed by atoms with Crippen LogP contribution in [-0.4, -0.2) is 17.9 Å². The highest BCUT2D eigenvalue weighted by Crippen LogP contribution is 2.30. The van der Waals surface area contributed by atoms with Gasteiger partial charge in [0.25, 0.3) is 0 Å². The summed E-state index contributed by atoms with van der Waals surface area (Å²) in [5, 5.41) is 4.83. The standard InChI is InChI=1S/C25H31N5O/c1-18(2)13-20-7-4-5-8-23(20)21-14-19(3)15-22(16-21)31-12-10-24-25(9-6-11-28-24)30(27)17-29-26/h4-9,11,14-18H,10,12-13,26-27H2,1-3H3/b29-17-. The first-order valence-corrected chi connectivity index (χ1v) is 10.5. The van der Waals surface area contributed by atoms with Crippen molar-refractivity contribution in [2.24, 2.45) is 22.7 Å². The molecule has 0 unspecified atom stereocenters. The van der Waals surface area contributed by atoms with Crippen molar-refractivity contribution in [3.05, 3.63) is 77.6 Å². The number of benzene rings is 2. The molecule has 3 rings (SSSR count). The number of anilines is 1. The fourth-order valence-electron chi connectivity index (χ4n) is 3.66. The van der Waals surface area contributed by atoms with E-state index in [0.717, 1.165) is 29.1 Å². The summed E-state index contributed by atoms with van der Waals surface area (Å²) in [5.74, 6) is 12.6. The topological polar surface area (TPSA) is 89.8 Å². The zero-order chi connectivity index (χ0) is 22.2. The number of hydrogen-bond donors (Lipinski definition) is 2. The Balaban J connectivity index is 1.76. The Morgan fingerprint density at radius 1 is 1.13 bits per heavy atom. The minimum Gasteiger partial charge on any atom is -0.493 e.